The molecule has 0 bridgehead atoms. The fourth-order valence-corrected chi connectivity index (χ4v) is 6.23. The molecule has 2 heterocycles. The zero-order chi connectivity index (χ0) is 28.4. The number of aliphatic hydroxyl groups excluding tert-OH is 1. The van der Waals surface area contributed by atoms with Crippen molar-refractivity contribution in [1.82, 2.24) is 14.9 Å². The molecule has 1 saturated carbocycles. The lowest BCUT2D eigenvalue weighted by Gasteiger charge is -2.30. The first-order valence-electron chi connectivity index (χ1n) is 13.3. The van der Waals surface area contributed by atoms with Crippen LogP contribution in [0.4, 0.5) is 13.2 Å². The van der Waals surface area contributed by atoms with Gasteiger partial charge >= 0.3 is 6.18 Å². The summed E-state index contributed by atoms with van der Waals surface area (Å²) in [6, 6.07) is 9.38. The molecule has 0 spiro atoms. The minimum Gasteiger partial charge on any atom is -0.394 e. The van der Waals surface area contributed by atoms with Gasteiger partial charge in [0.15, 0.2) is 9.84 Å². The number of rotatable bonds is 9. The Morgan fingerprint density at radius 1 is 1.13 bits per heavy atom. The number of carbonyl (C=O) groups excluding carboxylic acids is 1. The predicted octanol–water partition coefficient (Wildman–Crippen LogP) is 5.22. The van der Waals surface area contributed by atoms with E-state index in [0.29, 0.717) is 37.1 Å². The molecule has 4 rings (SSSR count). The van der Waals surface area contributed by atoms with Crippen molar-refractivity contribution in [2.45, 2.75) is 69.6 Å². The second-order valence-corrected chi connectivity index (χ2v) is 12.4. The molecular weight excluding hydrogens is 531 g/mol. The minimum absolute atomic E-state index is 0.0582. The Bertz CT molecular complexity index is 1410. The summed E-state index contributed by atoms with van der Waals surface area (Å²) in [6.07, 6.45) is -0.775. The molecule has 0 aliphatic heterocycles. The molecule has 1 aromatic carbocycles. The van der Waals surface area contributed by atoms with Gasteiger partial charge in [0.1, 0.15) is 0 Å². The van der Waals surface area contributed by atoms with E-state index in [2.05, 4.69) is 14.9 Å². The van der Waals surface area contributed by atoms with E-state index in [4.69, 9.17) is 0 Å². The highest BCUT2D eigenvalue weighted by atomic mass is 32.2. The Hall–Kier alpha value is -2.92. The number of carbonyl (C=O) groups is 1. The minimum atomic E-state index is -4.12. The average molecular weight is 566 g/mol. The highest BCUT2D eigenvalue weighted by Gasteiger charge is 2.41. The smallest absolute Gasteiger partial charge is 0.391 e. The van der Waals surface area contributed by atoms with E-state index in [0.717, 1.165) is 16.6 Å². The highest BCUT2D eigenvalue weighted by Crippen LogP contribution is 2.40. The summed E-state index contributed by atoms with van der Waals surface area (Å²) in [6.45, 7) is 3.83. The van der Waals surface area contributed by atoms with E-state index in [1.165, 1.54) is 25.3 Å². The normalized spacial score (nSPS) is 19.2. The number of pyridine rings is 1. The predicted molar refractivity (Wildman–Crippen MR) is 142 cm³/mol. The van der Waals surface area contributed by atoms with Crippen molar-refractivity contribution in [3.63, 3.8) is 0 Å². The lowest BCUT2D eigenvalue weighted by atomic mass is 9.79. The van der Waals surface area contributed by atoms with Crippen LogP contribution in [0.2, 0.25) is 0 Å². The summed E-state index contributed by atoms with van der Waals surface area (Å²) in [7, 11) is -3.42. The van der Waals surface area contributed by atoms with Crippen molar-refractivity contribution in [2.24, 2.45) is 11.8 Å². The van der Waals surface area contributed by atoms with Crippen LogP contribution in [-0.4, -0.2) is 47.5 Å². The van der Waals surface area contributed by atoms with Crippen molar-refractivity contribution in [3.8, 4) is 0 Å². The van der Waals surface area contributed by atoms with Gasteiger partial charge in [-0.05, 0) is 81.3 Å². The fraction of sp³-hybridized carbons (Fsp3) is 0.500. The first-order valence-corrected chi connectivity index (χ1v) is 14.9. The van der Waals surface area contributed by atoms with Gasteiger partial charge in [-0.1, -0.05) is 6.92 Å². The Kier molecular flexibility index (Phi) is 8.70. The van der Waals surface area contributed by atoms with Gasteiger partial charge in [0.05, 0.1) is 34.9 Å². The fourth-order valence-electron chi connectivity index (χ4n) is 5.40. The maximum Gasteiger partial charge on any atom is 0.391 e. The summed E-state index contributed by atoms with van der Waals surface area (Å²) in [5.41, 5.74) is 2.71. The average Bonchev–Trinajstić information content (AvgIpc) is 3.27. The van der Waals surface area contributed by atoms with Crippen molar-refractivity contribution in [3.05, 3.63) is 59.5 Å². The molecule has 2 N–H and O–H groups in total. The van der Waals surface area contributed by atoms with Crippen LogP contribution in [0.3, 0.4) is 0 Å². The third kappa shape index (κ3) is 6.46. The van der Waals surface area contributed by atoms with Gasteiger partial charge in [-0.15, -0.1) is 0 Å². The van der Waals surface area contributed by atoms with E-state index in [1.807, 2.05) is 19.1 Å². The van der Waals surface area contributed by atoms with Gasteiger partial charge < -0.3 is 15.0 Å². The highest BCUT2D eigenvalue weighted by molar-refractivity contribution is 7.91. The first kappa shape index (κ1) is 29.1. The van der Waals surface area contributed by atoms with Crippen molar-refractivity contribution >= 4 is 26.6 Å². The lowest BCUT2D eigenvalue weighted by Crippen LogP contribution is -2.31. The lowest BCUT2D eigenvalue weighted by molar-refractivity contribution is -0.183. The summed E-state index contributed by atoms with van der Waals surface area (Å²) >= 11 is 0. The molecule has 2 aromatic heterocycles. The summed E-state index contributed by atoms with van der Waals surface area (Å²) in [4.78, 5) is 17.3. The topological polar surface area (TPSA) is 101 Å². The van der Waals surface area contributed by atoms with Crippen LogP contribution < -0.4 is 5.32 Å². The van der Waals surface area contributed by atoms with Crippen molar-refractivity contribution in [1.29, 1.82) is 0 Å². The molecule has 212 valence electrons. The number of aliphatic hydroxyl groups is 1. The van der Waals surface area contributed by atoms with Gasteiger partial charge in [-0.3, -0.25) is 9.78 Å². The van der Waals surface area contributed by atoms with Gasteiger partial charge in [-0.2, -0.15) is 13.2 Å². The maximum absolute atomic E-state index is 13.1. The molecule has 1 aliphatic carbocycles. The number of nitrogens with one attached hydrogen (secondary N) is 1. The largest absolute Gasteiger partial charge is 0.394 e. The van der Waals surface area contributed by atoms with Crippen molar-refractivity contribution < 1.29 is 31.5 Å². The first-order chi connectivity index (χ1) is 18.5. The number of benzene rings is 1. The van der Waals surface area contributed by atoms with Crippen LogP contribution in [-0.2, 0) is 22.8 Å². The number of nitrogens with zero attached hydrogens (tertiary/aromatic N) is 2. The molecule has 3 aromatic rings. The Labute approximate surface area is 226 Å². The van der Waals surface area contributed by atoms with Gasteiger partial charge in [0, 0.05) is 34.9 Å². The van der Waals surface area contributed by atoms with E-state index < -0.39 is 40.5 Å². The number of aromatic nitrogens is 2. The monoisotopic (exact) mass is 565 g/mol. The summed E-state index contributed by atoms with van der Waals surface area (Å²) in [5.74, 6) is -1.49. The van der Waals surface area contributed by atoms with Gasteiger partial charge in [0.25, 0.3) is 5.91 Å². The second kappa shape index (κ2) is 11.7. The number of fused-ring (bicyclic) bond motifs is 1. The molecule has 1 unspecified atom stereocenters. The Morgan fingerprint density at radius 3 is 2.41 bits per heavy atom. The maximum atomic E-state index is 13.1. The van der Waals surface area contributed by atoms with Gasteiger partial charge in [-0.25, -0.2) is 8.42 Å². The number of hydrogen-bond acceptors (Lipinski definition) is 5. The Balaban J connectivity index is 1.48. The van der Waals surface area contributed by atoms with Gasteiger partial charge in [0.2, 0.25) is 0 Å². The molecule has 1 amide bonds. The number of aryl methyl sites for hydroxylation is 1. The number of hydrogen-bond donors (Lipinski definition) is 2. The van der Waals surface area contributed by atoms with E-state index in [1.54, 1.807) is 12.1 Å². The molecule has 0 saturated heterocycles. The summed E-state index contributed by atoms with van der Waals surface area (Å²) in [5, 5.41) is 13.5. The van der Waals surface area contributed by atoms with Crippen molar-refractivity contribution in [2.75, 3.05) is 12.4 Å². The van der Waals surface area contributed by atoms with Crippen LogP contribution in [0.5, 0.6) is 0 Å². The second-order valence-electron chi connectivity index (χ2n) is 10.1. The molecule has 1 aliphatic rings. The third-order valence-corrected chi connectivity index (χ3v) is 9.44. The standard InChI is InChI=1S/C28H34F3N3O4S/c1-3-34-22(13-18-5-8-21(9-6-18)28(29,30)31)15-20-14-19(7-12-26(20)34)27(36)33-25(17-35)24-11-10-23(16-32-24)39(37,38)4-2/h7,10-12,14-16,18,21,25,35H,3-6,8-9,13,17H2,1-2H3,(H,33,36). The molecule has 11 heteroatoms. The number of amides is 1. The molecule has 39 heavy (non-hydrogen) atoms. The Morgan fingerprint density at radius 2 is 1.85 bits per heavy atom. The van der Waals surface area contributed by atoms with Crippen LogP contribution in [0.1, 0.15) is 67.3 Å². The number of sulfone groups is 1. The molecule has 1 atom stereocenters. The quantitative estimate of drug-likeness (QED) is 0.370. The van der Waals surface area contributed by atoms with E-state index in [9.17, 15) is 31.5 Å². The zero-order valence-electron chi connectivity index (χ0n) is 22.0. The van der Waals surface area contributed by atoms with Crippen LogP contribution >= 0.6 is 0 Å². The van der Waals surface area contributed by atoms with E-state index >= 15 is 0 Å². The molecular formula is C28H34F3N3O4S. The van der Waals surface area contributed by atoms with E-state index in [-0.39, 0.29) is 29.4 Å². The molecule has 1 fully saturated rings. The third-order valence-electron chi connectivity index (χ3n) is 7.72. The number of alkyl halides is 3. The van der Waals surface area contributed by atoms with Crippen LogP contribution in [0.25, 0.3) is 10.9 Å². The summed E-state index contributed by atoms with van der Waals surface area (Å²) < 4.78 is 65.3. The van der Waals surface area contributed by atoms with Crippen LogP contribution in [0.15, 0.2) is 47.5 Å². The zero-order valence-corrected chi connectivity index (χ0v) is 22.9. The molecule has 7 nitrogen and oxygen atoms in total. The van der Waals surface area contributed by atoms with Crippen LogP contribution in [0, 0.1) is 11.8 Å². The number of halogens is 3. The SMILES string of the molecule is CCn1c(CC2CCC(C(F)(F)F)CC2)cc2cc(C(=O)NC(CO)c3ccc(S(=O)(=O)CC)cn3)ccc21. The molecule has 0 radical (unpaired) electrons.